The maximum Gasteiger partial charge on any atom is 0.251 e. The first kappa shape index (κ1) is 13.5. The van der Waals surface area contributed by atoms with Gasteiger partial charge in [-0.15, -0.1) is 0 Å². The summed E-state index contributed by atoms with van der Waals surface area (Å²) in [6.45, 7) is 6.91. The van der Waals surface area contributed by atoms with Crippen LogP contribution in [0.4, 0.5) is 5.69 Å². The molecule has 0 radical (unpaired) electrons. The van der Waals surface area contributed by atoms with Crippen molar-refractivity contribution in [2.24, 2.45) is 0 Å². The molecule has 0 aliphatic rings. The van der Waals surface area contributed by atoms with Crippen LogP contribution in [0.15, 0.2) is 18.2 Å². The lowest BCUT2D eigenvalue weighted by molar-refractivity contribution is 0.0872. The molecule has 1 unspecified atom stereocenters. The van der Waals surface area contributed by atoms with Gasteiger partial charge in [0.15, 0.2) is 0 Å². The molecule has 0 heterocycles. The molecule has 0 spiro atoms. The van der Waals surface area contributed by atoms with Gasteiger partial charge in [0.1, 0.15) is 0 Å². The predicted molar refractivity (Wildman–Crippen MR) is 69.0 cm³/mol. The Kier molecular flexibility index (Phi) is 4.97. The van der Waals surface area contributed by atoms with Crippen LogP contribution in [0.25, 0.3) is 0 Å². The van der Waals surface area contributed by atoms with Crippen LogP contribution in [0, 0.1) is 6.92 Å². The molecule has 4 nitrogen and oxygen atoms in total. The molecule has 0 aliphatic heterocycles. The van der Waals surface area contributed by atoms with E-state index >= 15 is 0 Å². The van der Waals surface area contributed by atoms with E-state index in [0.717, 1.165) is 5.56 Å². The van der Waals surface area contributed by atoms with Gasteiger partial charge in [-0.2, -0.15) is 0 Å². The molecule has 0 aromatic heterocycles. The molecule has 1 amide bonds. The lowest BCUT2D eigenvalue weighted by Gasteiger charge is -2.14. The lowest BCUT2D eigenvalue weighted by atomic mass is 10.1. The van der Waals surface area contributed by atoms with Crippen molar-refractivity contribution in [1.29, 1.82) is 0 Å². The van der Waals surface area contributed by atoms with E-state index in [1.165, 1.54) is 0 Å². The second-order valence-electron chi connectivity index (χ2n) is 4.11. The number of anilines is 1. The van der Waals surface area contributed by atoms with E-state index in [-0.39, 0.29) is 11.9 Å². The van der Waals surface area contributed by atoms with E-state index in [4.69, 9.17) is 10.5 Å². The zero-order valence-electron chi connectivity index (χ0n) is 10.6. The Morgan fingerprint density at radius 2 is 2.24 bits per heavy atom. The number of hydrogen-bond acceptors (Lipinski definition) is 3. The Labute approximate surface area is 102 Å². The molecule has 4 heteroatoms. The molecule has 1 aromatic carbocycles. The Balaban J connectivity index is 2.60. The van der Waals surface area contributed by atoms with Crippen LogP contribution in [0.3, 0.4) is 0 Å². The van der Waals surface area contributed by atoms with Crippen molar-refractivity contribution in [3.63, 3.8) is 0 Å². The normalized spacial score (nSPS) is 12.2. The fourth-order valence-corrected chi connectivity index (χ4v) is 1.46. The standard InChI is InChI=1S/C13H20N2O2/c1-4-17-8-10(3)15-13(16)11-5-6-12(14)9(2)7-11/h5-7,10H,4,8,14H2,1-3H3,(H,15,16). The summed E-state index contributed by atoms with van der Waals surface area (Å²) in [5.74, 6) is -0.0969. The van der Waals surface area contributed by atoms with Gasteiger partial charge in [0.25, 0.3) is 5.91 Å². The highest BCUT2D eigenvalue weighted by Gasteiger charge is 2.10. The summed E-state index contributed by atoms with van der Waals surface area (Å²) >= 11 is 0. The first-order valence-corrected chi connectivity index (χ1v) is 5.79. The SMILES string of the molecule is CCOCC(C)NC(=O)c1ccc(N)c(C)c1. The molecule has 0 saturated carbocycles. The van der Waals surface area contributed by atoms with Gasteiger partial charge < -0.3 is 15.8 Å². The van der Waals surface area contributed by atoms with Gasteiger partial charge in [-0.1, -0.05) is 0 Å². The Hall–Kier alpha value is -1.55. The van der Waals surface area contributed by atoms with Crippen LogP contribution in [-0.4, -0.2) is 25.2 Å². The number of aryl methyl sites for hydroxylation is 1. The third kappa shape index (κ3) is 4.07. The van der Waals surface area contributed by atoms with Crippen LogP contribution < -0.4 is 11.1 Å². The minimum absolute atomic E-state index is 0.000286. The number of carbonyl (C=O) groups is 1. The van der Waals surface area contributed by atoms with Crippen LogP contribution in [0.5, 0.6) is 0 Å². The average Bonchev–Trinajstić information content (AvgIpc) is 2.30. The molecular formula is C13H20N2O2. The number of nitrogen functional groups attached to an aromatic ring is 1. The van der Waals surface area contributed by atoms with E-state index < -0.39 is 0 Å². The largest absolute Gasteiger partial charge is 0.399 e. The Morgan fingerprint density at radius 1 is 1.53 bits per heavy atom. The summed E-state index contributed by atoms with van der Waals surface area (Å²) in [7, 11) is 0. The second-order valence-corrected chi connectivity index (χ2v) is 4.11. The Morgan fingerprint density at radius 3 is 2.82 bits per heavy atom. The van der Waals surface area contributed by atoms with E-state index in [0.29, 0.717) is 24.5 Å². The fraction of sp³-hybridized carbons (Fsp3) is 0.462. The minimum Gasteiger partial charge on any atom is -0.399 e. The molecule has 1 aromatic rings. The quantitative estimate of drug-likeness (QED) is 0.765. The first-order chi connectivity index (χ1) is 8.04. The van der Waals surface area contributed by atoms with Gasteiger partial charge in [-0.25, -0.2) is 0 Å². The molecule has 0 aliphatic carbocycles. The third-order valence-electron chi connectivity index (χ3n) is 2.48. The predicted octanol–water partition coefficient (Wildman–Crippen LogP) is 1.73. The summed E-state index contributed by atoms with van der Waals surface area (Å²) in [4.78, 5) is 11.9. The maximum atomic E-state index is 11.9. The van der Waals surface area contributed by atoms with Crippen LogP contribution >= 0.6 is 0 Å². The monoisotopic (exact) mass is 236 g/mol. The van der Waals surface area contributed by atoms with Crippen LogP contribution in [0.1, 0.15) is 29.8 Å². The van der Waals surface area contributed by atoms with Crippen molar-refractivity contribution >= 4 is 11.6 Å². The summed E-state index contributed by atoms with van der Waals surface area (Å²) < 4.78 is 5.24. The highest BCUT2D eigenvalue weighted by atomic mass is 16.5. The molecule has 0 fully saturated rings. The molecule has 17 heavy (non-hydrogen) atoms. The number of hydrogen-bond donors (Lipinski definition) is 2. The van der Waals surface area contributed by atoms with Crippen molar-refractivity contribution in [2.75, 3.05) is 18.9 Å². The maximum absolute atomic E-state index is 11.9. The van der Waals surface area contributed by atoms with Gasteiger partial charge in [0.2, 0.25) is 0 Å². The molecule has 0 saturated heterocycles. The highest BCUT2D eigenvalue weighted by Crippen LogP contribution is 2.12. The number of amides is 1. The van der Waals surface area contributed by atoms with Gasteiger partial charge in [0, 0.05) is 23.9 Å². The molecule has 1 atom stereocenters. The van der Waals surface area contributed by atoms with Crippen LogP contribution in [-0.2, 0) is 4.74 Å². The fourth-order valence-electron chi connectivity index (χ4n) is 1.46. The van der Waals surface area contributed by atoms with Crippen molar-refractivity contribution < 1.29 is 9.53 Å². The summed E-state index contributed by atoms with van der Waals surface area (Å²) in [5, 5.41) is 2.87. The third-order valence-corrected chi connectivity index (χ3v) is 2.48. The van der Waals surface area contributed by atoms with Gasteiger partial charge in [-0.05, 0) is 44.5 Å². The van der Waals surface area contributed by atoms with E-state index in [1.54, 1.807) is 18.2 Å². The number of nitrogens with two attached hydrogens (primary N) is 1. The van der Waals surface area contributed by atoms with Crippen molar-refractivity contribution in [3.8, 4) is 0 Å². The molecule has 3 N–H and O–H groups in total. The zero-order chi connectivity index (χ0) is 12.8. The summed E-state index contributed by atoms with van der Waals surface area (Å²) in [6, 6.07) is 5.26. The van der Waals surface area contributed by atoms with E-state index in [1.807, 2.05) is 20.8 Å². The van der Waals surface area contributed by atoms with Gasteiger partial charge in [0.05, 0.1) is 6.61 Å². The summed E-state index contributed by atoms with van der Waals surface area (Å²) in [5.41, 5.74) is 7.94. The van der Waals surface area contributed by atoms with E-state index in [9.17, 15) is 4.79 Å². The van der Waals surface area contributed by atoms with Crippen molar-refractivity contribution in [2.45, 2.75) is 26.8 Å². The number of ether oxygens (including phenoxy) is 1. The van der Waals surface area contributed by atoms with Crippen molar-refractivity contribution in [3.05, 3.63) is 29.3 Å². The minimum atomic E-state index is -0.0969. The van der Waals surface area contributed by atoms with Gasteiger partial charge in [-0.3, -0.25) is 4.79 Å². The second kappa shape index (κ2) is 6.25. The first-order valence-electron chi connectivity index (χ1n) is 5.79. The Bertz CT molecular complexity index is 391. The highest BCUT2D eigenvalue weighted by molar-refractivity contribution is 5.95. The number of carbonyl (C=O) groups excluding carboxylic acids is 1. The van der Waals surface area contributed by atoms with Crippen molar-refractivity contribution in [1.82, 2.24) is 5.32 Å². The zero-order valence-corrected chi connectivity index (χ0v) is 10.6. The average molecular weight is 236 g/mol. The number of nitrogens with one attached hydrogen (secondary N) is 1. The van der Waals surface area contributed by atoms with Gasteiger partial charge >= 0.3 is 0 Å². The number of rotatable bonds is 5. The van der Waals surface area contributed by atoms with E-state index in [2.05, 4.69) is 5.32 Å². The molecule has 94 valence electrons. The topological polar surface area (TPSA) is 64.3 Å². The smallest absolute Gasteiger partial charge is 0.251 e. The number of benzene rings is 1. The lowest BCUT2D eigenvalue weighted by Crippen LogP contribution is -2.35. The van der Waals surface area contributed by atoms with Crippen LogP contribution in [0.2, 0.25) is 0 Å². The molecule has 1 rings (SSSR count). The molecule has 0 bridgehead atoms. The molecular weight excluding hydrogens is 216 g/mol. The summed E-state index contributed by atoms with van der Waals surface area (Å²) in [6.07, 6.45) is 0.